The van der Waals surface area contributed by atoms with Crippen molar-refractivity contribution in [2.24, 2.45) is 7.05 Å². The lowest BCUT2D eigenvalue weighted by molar-refractivity contribution is -0.671. The van der Waals surface area contributed by atoms with Crippen LogP contribution in [0.5, 0.6) is 17.2 Å². The quantitative estimate of drug-likeness (QED) is 0.123. The first-order valence-electron chi connectivity index (χ1n) is 15.2. The lowest BCUT2D eigenvalue weighted by Gasteiger charge is -2.19. The normalized spacial score (nSPS) is 10.8. The summed E-state index contributed by atoms with van der Waals surface area (Å²) >= 11 is 0. The van der Waals surface area contributed by atoms with Gasteiger partial charge in [0.25, 0.3) is 0 Å². The molecule has 8 nitrogen and oxygen atoms in total. The van der Waals surface area contributed by atoms with Crippen molar-refractivity contribution in [3.05, 3.63) is 47.8 Å². The van der Waals surface area contributed by atoms with E-state index < -0.39 is 6.09 Å². The maximum absolute atomic E-state index is 12.7. The molecule has 0 fully saturated rings. The monoisotopic (exact) mass is 571 g/mol. The Kier molecular flexibility index (Phi) is 16.3. The Labute approximate surface area is 246 Å². The number of pyridine rings is 1. The smallest absolute Gasteiger partial charge is 0.417 e. The van der Waals surface area contributed by atoms with Crippen LogP contribution < -0.4 is 18.8 Å². The third-order valence-electron chi connectivity index (χ3n) is 7.12. The zero-order valence-electron chi connectivity index (χ0n) is 25.9. The van der Waals surface area contributed by atoms with E-state index in [2.05, 4.69) is 6.92 Å². The molecular weight excluding hydrogens is 520 g/mol. The number of hydrogen-bond donors (Lipinski definition) is 0. The van der Waals surface area contributed by atoms with Crippen LogP contribution in [0.4, 0.5) is 4.79 Å². The summed E-state index contributed by atoms with van der Waals surface area (Å²) in [5.74, 6) is 1.17. The van der Waals surface area contributed by atoms with Gasteiger partial charge in [-0.2, -0.15) is 0 Å². The molecule has 0 bridgehead atoms. The second-order valence-corrected chi connectivity index (χ2v) is 10.6. The van der Waals surface area contributed by atoms with Gasteiger partial charge in [0.05, 0.1) is 27.4 Å². The number of amides is 2. The number of aromatic nitrogens is 1. The SMILES string of the molecule is CCCCCCCCCCCCCCOc1c(OC)cc(COC(=O)N(Cc2cc[n+](C)cc2)C(C)=O)cc1OC. The van der Waals surface area contributed by atoms with Crippen LogP contribution in [-0.2, 0) is 29.7 Å². The fraction of sp³-hybridized carbons (Fsp3) is 0.606. The van der Waals surface area contributed by atoms with Gasteiger partial charge in [-0.1, -0.05) is 77.6 Å². The number of carbonyl (C=O) groups excluding carboxylic acids is 2. The number of rotatable bonds is 20. The van der Waals surface area contributed by atoms with Gasteiger partial charge in [-0.05, 0) is 29.7 Å². The molecule has 1 heterocycles. The molecule has 0 saturated carbocycles. The highest BCUT2D eigenvalue weighted by Gasteiger charge is 2.21. The summed E-state index contributed by atoms with van der Waals surface area (Å²) in [5.41, 5.74) is 1.49. The van der Waals surface area contributed by atoms with Crippen molar-refractivity contribution < 1.29 is 33.1 Å². The van der Waals surface area contributed by atoms with Gasteiger partial charge in [0.1, 0.15) is 13.7 Å². The lowest BCUT2D eigenvalue weighted by atomic mass is 10.1. The first-order valence-corrected chi connectivity index (χ1v) is 15.2. The average Bonchev–Trinajstić information content (AvgIpc) is 2.97. The number of carbonyl (C=O) groups is 2. The van der Waals surface area contributed by atoms with E-state index >= 15 is 0 Å². The van der Waals surface area contributed by atoms with Crippen molar-refractivity contribution in [3.63, 3.8) is 0 Å². The zero-order valence-corrected chi connectivity index (χ0v) is 25.9. The molecule has 1 aromatic carbocycles. The molecule has 2 rings (SSSR count). The molecule has 0 atom stereocenters. The second kappa shape index (κ2) is 19.7. The summed E-state index contributed by atoms with van der Waals surface area (Å²) in [7, 11) is 5.04. The Morgan fingerprint density at radius 2 is 1.29 bits per heavy atom. The maximum atomic E-state index is 12.7. The number of hydrogen-bond acceptors (Lipinski definition) is 6. The van der Waals surface area contributed by atoms with Crippen molar-refractivity contribution in [2.75, 3.05) is 20.8 Å². The fourth-order valence-corrected chi connectivity index (χ4v) is 4.62. The van der Waals surface area contributed by atoms with Crippen molar-refractivity contribution in [1.82, 2.24) is 4.90 Å². The Hall–Kier alpha value is -3.29. The van der Waals surface area contributed by atoms with Crippen molar-refractivity contribution in [2.45, 2.75) is 104 Å². The molecule has 2 aromatic rings. The highest BCUT2D eigenvalue weighted by Crippen LogP contribution is 2.39. The largest absolute Gasteiger partial charge is 0.493 e. The molecule has 0 aliphatic carbocycles. The molecule has 228 valence electrons. The minimum absolute atomic E-state index is 0.0435. The van der Waals surface area contributed by atoms with Crippen LogP contribution in [0.3, 0.4) is 0 Å². The molecule has 0 aliphatic rings. The van der Waals surface area contributed by atoms with E-state index in [4.69, 9.17) is 18.9 Å². The van der Waals surface area contributed by atoms with Crippen LogP contribution in [0.1, 0.15) is 102 Å². The number of aryl methyl sites for hydroxylation is 1. The number of ether oxygens (including phenoxy) is 4. The van der Waals surface area contributed by atoms with Crippen LogP contribution in [0.2, 0.25) is 0 Å². The van der Waals surface area contributed by atoms with Gasteiger partial charge < -0.3 is 18.9 Å². The number of benzene rings is 1. The van der Waals surface area contributed by atoms with E-state index in [1.807, 2.05) is 36.1 Å². The van der Waals surface area contributed by atoms with E-state index in [-0.39, 0.29) is 19.1 Å². The summed E-state index contributed by atoms with van der Waals surface area (Å²) in [6.07, 6.45) is 18.5. The van der Waals surface area contributed by atoms with Crippen LogP contribution in [0.25, 0.3) is 0 Å². The third kappa shape index (κ3) is 12.8. The molecule has 0 saturated heterocycles. The summed E-state index contributed by atoms with van der Waals surface area (Å²) in [6, 6.07) is 7.25. The minimum atomic E-state index is -0.712. The van der Waals surface area contributed by atoms with E-state index in [9.17, 15) is 9.59 Å². The zero-order chi connectivity index (χ0) is 29.9. The Bertz CT molecular complexity index is 1020. The van der Waals surface area contributed by atoms with Crippen LogP contribution >= 0.6 is 0 Å². The molecule has 1 aromatic heterocycles. The molecule has 0 aliphatic heterocycles. The highest BCUT2D eigenvalue weighted by molar-refractivity contribution is 5.90. The van der Waals surface area contributed by atoms with E-state index in [0.29, 0.717) is 29.4 Å². The maximum Gasteiger partial charge on any atom is 0.417 e. The van der Waals surface area contributed by atoms with Gasteiger partial charge >= 0.3 is 6.09 Å². The average molecular weight is 572 g/mol. The predicted octanol–water partition coefficient (Wildman–Crippen LogP) is 7.29. The van der Waals surface area contributed by atoms with Crippen LogP contribution in [0, 0.1) is 0 Å². The van der Waals surface area contributed by atoms with Gasteiger partial charge in [-0.15, -0.1) is 0 Å². The Morgan fingerprint density at radius 3 is 1.78 bits per heavy atom. The molecule has 0 unspecified atom stereocenters. The number of nitrogens with zero attached hydrogens (tertiary/aromatic N) is 2. The van der Waals surface area contributed by atoms with Gasteiger partial charge in [-0.3, -0.25) is 4.79 Å². The number of methoxy groups -OCH3 is 2. The van der Waals surface area contributed by atoms with Crippen molar-refractivity contribution in [1.29, 1.82) is 0 Å². The van der Waals surface area contributed by atoms with Gasteiger partial charge in [0, 0.05) is 19.1 Å². The van der Waals surface area contributed by atoms with E-state index in [0.717, 1.165) is 23.3 Å². The summed E-state index contributed by atoms with van der Waals surface area (Å²) in [5, 5.41) is 0. The second-order valence-electron chi connectivity index (χ2n) is 10.6. The predicted molar refractivity (Wildman–Crippen MR) is 160 cm³/mol. The minimum Gasteiger partial charge on any atom is -0.493 e. The lowest BCUT2D eigenvalue weighted by Crippen LogP contribution is -2.35. The summed E-state index contributed by atoms with van der Waals surface area (Å²) in [6.45, 7) is 4.27. The standard InChI is InChI=1S/C33H51N2O6/c1-6-7-8-9-10-11-12-13-14-15-16-17-22-40-32-30(38-4)23-29(24-31(32)39-5)26-41-33(37)35(27(2)36)25-28-18-20-34(3)21-19-28/h18-21,23-24H,6-17,22,25-26H2,1-5H3/q+1. The Morgan fingerprint density at radius 1 is 0.780 bits per heavy atom. The molecule has 2 amide bonds. The van der Waals surface area contributed by atoms with E-state index in [1.54, 1.807) is 26.4 Å². The third-order valence-corrected chi connectivity index (χ3v) is 7.12. The molecule has 0 N–H and O–H groups in total. The number of unbranched alkanes of at least 4 members (excludes halogenated alkanes) is 11. The fourth-order valence-electron chi connectivity index (χ4n) is 4.62. The molecule has 8 heteroatoms. The highest BCUT2D eigenvalue weighted by atomic mass is 16.6. The molecule has 0 spiro atoms. The topological polar surface area (TPSA) is 78.2 Å². The summed E-state index contributed by atoms with van der Waals surface area (Å²) < 4.78 is 24.5. The first-order chi connectivity index (χ1) is 19.9. The van der Waals surface area contributed by atoms with Crippen molar-refractivity contribution >= 4 is 12.0 Å². The van der Waals surface area contributed by atoms with Gasteiger partial charge in [-0.25, -0.2) is 14.3 Å². The first kappa shape index (κ1) is 33.9. The summed E-state index contributed by atoms with van der Waals surface area (Å²) in [4.78, 5) is 26.0. The number of imide groups is 1. The Balaban J connectivity index is 1.80. The molecule has 41 heavy (non-hydrogen) atoms. The molecule has 0 radical (unpaired) electrons. The van der Waals surface area contributed by atoms with Crippen molar-refractivity contribution in [3.8, 4) is 17.2 Å². The van der Waals surface area contributed by atoms with Gasteiger partial charge in [0.2, 0.25) is 11.7 Å². The van der Waals surface area contributed by atoms with Crippen LogP contribution in [-0.4, -0.2) is 37.7 Å². The van der Waals surface area contributed by atoms with E-state index in [1.165, 1.54) is 71.1 Å². The molecular formula is C33H51N2O6+. The van der Waals surface area contributed by atoms with Crippen LogP contribution in [0.15, 0.2) is 36.7 Å². The van der Waals surface area contributed by atoms with Gasteiger partial charge in [0.15, 0.2) is 23.9 Å².